The molecule has 5 nitrogen and oxygen atoms in total. The maximum atomic E-state index is 11.7. The van der Waals surface area contributed by atoms with Crippen molar-refractivity contribution in [1.82, 2.24) is 4.98 Å². The molecule has 1 aromatic heterocycles. The molecule has 0 fully saturated rings. The molecule has 0 aliphatic carbocycles. The van der Waals surface area contributed by atoms with Crippen LogP contribution in [0.15, 0.2) is 53.8 Å². The number of ether oxygens (including phenoxy) is 1. The van der Waals surface area contributed by atoms with Crippen molar-refractivity contribution < 1.29 is 9.53 Å². The van der Waals surface area contributed by atoms with Crippen molar-refractivity contribution in [3.05, 3.63) is 70.4 Å². The molecule has 0 aliphatic rings. The molecule has 0 saturated carbocycles. The lowest BCUT2D eigenvalue weighted by molar-refractivity contribution is 0.0472. The van der Waals surface area contributed by atoms with Gasteiger partial charge in [-0.1, -0.05) is 23.4 Å². The predicted octanol–water partition coefficient (Wildman–Crippen LogP) is 2.71. The first-order valence-corrected chi connectivity index (χ1v) is 5.74. The van der Waals surface area contributed by atoms with Crippen LogP contribution in [0.5, 0.6) is 0 Å². The highest BCUT2D eigenvalue weighted by molar-refractivity contribution is 5.89. The molecule has 96 valence electrons. The topological polar surface area (TPSA) is 68.6 Å². The average Bonchev–Trinajstić information content (AvgIpc) is 2.46. The zero-order chi connectivity index (χ0) is 13.5. The molecule has 1 aromatic carbocycles. The number of nitrogens with zero attached hydrogens (tertiary/aromatic N) is 2. The maximum absolute atomic E-state index is 11.7. The quantitative estimate of drug-likeness (QED) is 0.609. The summed E-state index contributed by atoms with van der Waals surface area (Å²) in [5.74, 6) is -0.382. The van der Waals surface area contributed by atoms with E-state index in [9.17, 15) is 9.70 Å². The third-order valence-corrected chi connectivity index (χ3v) is 2.49. The Morgan fingerprint density at radius 3 is 2.74 bits per heavy atom. The lowest BCUT2D eigenvalue weighted by atomic mass is 10.2. The van der Waals surface area contributed by atoms with Gasteiger partial charge >= 0.3 is 5.97 Å². The number of esters is 1. The molecule has 2 aromatic rings. The number of pyridine rings is 1. The van der Waals surface area contributed by atoms with Crippen LogP contribution in [0.2, 0.25) is 0 Å². The van der Waals surface area contributed by atoms with Crippen LogP contribution in [-0.2, 0) is 17.9 Å². The fraction of sp³-hybridized carbons (Fsp3) is 0.143. The summed E-state index contributed by atoms with van der Waals surface area (Å²) >= 11 is 0. The summed E-state index contributed by atoms with van der Waals surface area (Å²) in [5, 5.41) is 2.77. The van der Waals surface area contributed by atoms with Gasteiger partial charge in [-0.3, -0.25) is 4.98 Å². The minimum atomic E-state index is -0.382. The second-order valence-corrected chi connectivity index (χ2v) is 3.88. The highest BCUT2D eigenvalue weighted by atomic mass is 16.5. The van der Waals surface area contributed by atoms with E-state index in [0.29, 0.717) is 11.3 Å². The largest absolute Gasteiger partial charge is 0.457 e. The molecular weight excluding hydrogens is 244 g/mol. The molecule has 0 bridgehead atoms. The summed E-state index contributed by atoms with van der Waals surface area (Å²) in [6.07, 6.45) is 1.56. The molecule has 2 rings (SSSR count). The van der Waals surface area contributed by atoms with Crippen LogP contribution < -0.4 is 0 Å². The van der Waals surface area contributed by atoms with Crippen LogP contribution in [-0.4, -0.2) is 11.0 Å². The Bertz CT molecular complexity index is 570. The van der Waals surface area contributed by atoms with Gasteiger partial charge in [0.2, 0.25) is 0 Å². The summed E-state index contributed by atoms with van der Waals surface area (Å²) in [6.45, 7) is 0.155. The monoisotopic (exact) mass is 256 g/mol. The maximum Gasteiger partial charge on any atom is 0.338 e. The van der Waals surface area contributed by atoms with Gasteiger partial charge in [0.25, 0.3) is 0 Å². The van der Waals surface area contributed by atoms with Gasteiger partial charge in [0.05, 0.1) is 11.3 Å². The predicted molar refractivity (Wildman–Crippen MR) is 69.3 cm³/mol. The van der Waals surface area contributed by atoms with Crippen molar-refractivity contribution >= 4 is 5.97 Å². The van der Waals surface area contributed by atoms with Crippen molar-refractivity contribution in [1.29, 1.82) is 0 Å². The Kier molecular flexibility index (Phi) is 4.34. The summed E-state index contributed by atoms with van der Waals surface area (Å²) < 4.78 is 5.17. The lowest BCUT2D eigenvalue weighted by Crippen LogP contribution is -2.05. The molecule has 0 saturated heterocycles. The van der Waals surface area contributed by atoms with Gasteiger partial charge in [0.15, 0.2) is 0 Å². The lowest BCUT2D eigenvalue weighted by Gasteiger charge is -2.05. The van der Waals surface area contributed by atoms with Crippen LogP contribution in [0.4, 0.5) is 0 Å². The van der Waals surface area contributed by atoms with E-state index in [1.807, 2.05) is 6.07 Å². The third kappa shape index (κ3) is 3.70. The van der Waals surface area contributed by atoms with E-state index < -0.39 is 0 Å². The van der Waals surface area contributed by atoms with E-state index in [1.165, 1.54) is 0 Å². The smallest absolute Gasteiger partial charge is 0.338 e. The normalized spacial score (nSPS) is 9.89. The van der Waals surface area contributed by atoms with Gasteiger partial charge in [-0.15, -0.1) is 0 Å². The number of nitroso groups, excluding NO2 is 1. The van der Waals surface area contributed by atoms with Crippen LogP contribution in [0.1, 0.15) is 21.6 Å². The molecule has 19 heavy (non-hydrogen) atoms. The van der Waals surface area contributed by atoms with Gasteiger partial charge in [-0.05, 0) is 29.8 Å². The van der Waals surface area contributed by atoms with E-state index in [1.54, 1.807) is 42.6 Å². The highest BCUT2D eigenvalue weighted by Crippen LogP contribution is 2.07. The van der Waals surface area contributed by atoms with E-state index in [-0.39, 0.29) is 19.1 Å². The van der Waals surface area contributed by atoms with E-state index in [2.05, 4.69) is 10.2 Å². The number of hydrogen-bond donors (Lipinski definition) is 0. The summed E-state index contributed by atoms with van der Waals surface area (Å²) in [7, 11) is 0. The van der Waals surface area contributed by atoms with Gasteiger partial charge in [-0.2, -0.15) is 4.91 Å². The van der Waals surface area contributed by atoms with Crippen molar-refractivity contribution in [3.8, 4) is 0 Å². The van der Waals surface area contributed by atoms with E-state index in [0.717, 1.165) is 5.56 Å². The molecule has 0 atom stereocenters. The first-order chi connectivity index (χ1) is 9.29. The molecule has 5 heteroatoms. The molecule has 0 amide bonds. The Hall–Kier alpha value is -2.56. The minimum Gasteiger partial charge on any atom is -0.457 e. The first kappa shape index (κ1) is 12.9. The van der Waals surface area contributed by atoms with Crippen molar-refractivity contribution in [2.24, 2.45) is 5.18 Å². The summed E-state index contributed by atoms with van der Waals surface area (Å²) in [6, 6.07) is 12.2. The number of hydrogen-bond acceptors (Lipinski definition) is 5. The van der Waals surface area contributed by atoms with Gasteiger partial charge < -0.3 is 4.74 Å². The number of carbonyl (C=O) groups excluding carboxylic acids is 1. The van der Waals surface area contributed by atoms with Gasteiger partial charge in [0, 0.05) is 6.20 Å². The zero-order valence-corrected chi connectivity index (χ0v) is 10.2. The standard InChI is InChI=1S/C14H12N2O3/c17-14(12-4-2-1-3-5-12)19-10-11-6-7-15-13(8-11)9-16-18/h1-8H,9-10H2. The van der Waals surface area contributed by atoms with Crippen molar-refractivity contribution in [2.45, 2.75) is 13.2 Å². The number of aromatic nitrogens is 1. The Morgan fingerprint density at radius 2 is 2.00 bits per heavy atom. The SMILES string of the molecule is O=NCc1cc(COC(=O)c2ccccc2)ccn1. The van der Waals surface area contributed by atoms with Gasteiger partial charge in [-0.25, -0.2) is 4.79 Å². The molecule has 0 N–H and O–H groups in total. The van der Waals surface area contributed by atoms with E-state index >= 15 is 0 Å². The van der Waals surface area contributed by atoms with E-state index in [4.69, 9.17) is 4.74 Å². The summed E-state index contributed by atoms with van der Waals surface area (Å²) in [4.78, 5) is 25.9. The van der Waals surface area contributed by atoms with Gasteiger partial charge in [0.1, 0.15) is 13.2 Å². The Labute approximate surface area is 110 Å². The third-order valence-electron chi connectivity index (χ3n) is 2.49. The molecule has 0 spiro atoms. The molecule has 0 radical (unpaired) electrons. The second-order valence-electron chi connectivity index (χ2n) is 3.88. The van der Waals surface area contributed by atoms with Crippen molar-refractivity contribution in [2.75, 3.05) is 0 Å². The molecule has 0 unspecified atom stereocenters. The second kappa shape index (κ2) is 6.39. The average molecular weight is 256 g/mol. The Morgan fingerprint density at radius 1 is 1.21 bits per heavy atom. The molecule has 0 aliphatic heterocycles. The highest BCUT2D eigenvalue weighted by Gasteiger charge is 2.06. The fourth-order valence-corrected chi connectivity index (χ4v) is 1.58. The van der Waals surface area contributed by atoms with Crippen LogP contribution in [0.3, 0.4) is 0 Å². The summed E-state index contributed by atoms with van der Waals surface area (Å²) in [5.41, 5.74) is 1.84. The Balaban J connectivity index is 1.97. The number of carbonyl (C=O) groups is 1. The fourth-order valence-electron chi connectivity index (χ4n) is 1.58. The minimum absolute atomic E-state index is 0.0144. The zero-order valence-electron chi connectivity index (χ0n) is 10.2. The first-order valence-electron chi connectivity index (χ1n) is 5.74. The number of rotatable bonds is 5. The van der Waals surface area contributed by atoms with Crippen LogP contribution in [0, 0.1) is 4.91 Å². The van der Waals surface area contributed by atoms with Crippen LogP contribution >= 0.6 is 0 Å². The molecular formula is C14H12N2O3. The number of benzene rings is 1. The van der Waals surface area contributed by atoms with Crippen molar-refractivity contribution in [3.63, 3.8) is 0 Å². The molecule has 1 heterocycles. The van der Waals surface area contributed by atoms with Crippen LogP contribution in [0.25, 0.3) is 0 Å².